The topological polar surface area (TPSA) is 35.5 Å². The fraction of sp³-hybridized carbons (Fsp3) is 0.0714. The highest BCUT2D eigenvalue weighted by Gasteiger charge is 2.46. The van der Waals surface area contributed by atoms with E-state index >= 15 is 0 Å². The molecule has 0 saturated carbocycles. The molecule has 0 saturated heterocycles. The minimum absolute atomic E-state index is 0.162. The van der Waals surface area contributed by atoms with Crippen LogP contribution in [0.1, 0.15) is 33.4 Å². The summed E-state index contributed by atoms with van der Waals surface area (Å²) >= 11 is 0. The zero-order valence-corrected chi connectivity index (χ0v) is 25.0. The van der Waals surface area contributed by atoms with E-state index in [1.54, 1.807) is 0 Å². The zero-order chi connectivity index (χ0) is 31.0. The number of esters is 1. The molecule has 0 amide bonds. The van der Waals surface area contributed by atoms with Gasteiger partial charge in [0.1, 0.15) is 19.0 Å². The molecule has 0 spiro atoms. The van der Waals surface area contributed by atoms with Crippen molar-refractivity contribution < 1.29 is 14.3 Å². The molecule has 1 aliphatic carbocycles. The first kappa shape index (κ1) is 28.1. The van der Waals surface area contributed by atoms with Gasteiger partial charge in [0.25, 0.3) is 0 Å². The lowest BCUT2D eigenvalue weighted by Crippen LogP contribution is -2.28. The van der Waals surface area contributed by atoms with E-state index in [9.17, 15) is 4.79 Å². The Morgan fingerprint density at radius 3 is 2.07 bits per heavy atom. The van der Waals surface area contributed by atoms with Crippen LogP contribution < -0.4 is 4.74 Å². The molecule has 3 heteroatoms. The number of hydrogen-bond acceptors (Lipinski definition) is 3. The van der Waals surface area contributed by atoms with E-state index in [0.717, 1.165) is 33.7 Å². The van der Waals surface area contributed by atoms with Crippen LogP contribution in [0.25, 0.3) is 44.8 Å². The first-order valence-electron chi connectivity index (χ1n) is 15.1. The molecule has 7 rings (SSSR count). The summed E-state index contributed by atoms with van der Waals surface area (Å²) in [5.41, 5.74) is 8.91. The molecule has 0 fully saturated rings. The zero-order valence-electron chi connectivity index (χ0n) is 25.0. The molecule has 45 heavy (non-hydrogen) atoms. The standard InChI is InChI=1S/C42H32O3/c1-4-28-15-18-34(23-29(28)5-2)42(35-19-16-33-25-36(20-17-32(33)24-35)44-21-22-45-41(43)6-3)39-14-10-9-13-37(39)38-26-30-11-7-8-12-31(30)27-40(38)42/h4-20,23-27H,1-3,21-22H2. The maximum absolute atomic E-state index is 11.3. The van der Waals surface area contributed by atoms with Gasteiger partial charge in [0, 0.05) is 6.08 Å². The minimum Gasteiger partial charge on any atom is -0.490 e. The van der Waals surface area contributed by atoms with Crippen LogP contribution in [0.2, 0.25) is 0 Å². The van der Waals surface area contributed by atoms with Crippen molar-refractivity contribution in [2.24, 2.45) is 0 Å². The van der Waals surface area contributed by atoms with E-state index in [1.165, 1.54) is 44.2 Å². The Labute approximate surface area is 263 Å². The second-order valence-corrected chi connectivity index (χ2v) is 11.2. The van der Waals surface area contributed by atoms with Crippen molar-refractivity contribution in [3.05, 3.63) is 174 Å². The van der Waals surface area contributed by atoms with Crippen LogP contribution in [0.3, 0.4) is 0 Å². The summed E-state index contributed by atoms with van der Waals surface area (Å²) < 4.78 is 10.9. The molecule has 1 aliphatic rings. The molecule has 6 aromatic carbocycles. The average molecular weight is 585 g/mol. The number of ether oxygens (including phenoxy) is 2. The quantitative estimate of drug-likeness (QED) is 0.0963. The summed E-state index contributed by atoms with van der Waals surface area (Å²) in [5.74, 6) is 0.263. The summed E-state index contributed by atoms with van der Waals surface area (Å²) in [7, 11) is 0. The Bertz CT molecular complexity index is 2150. The fourth-order valence-corrected chi connectivity index (χ4v) is 6.83. The summed E-state index contributed by atoms with van der Waals surface area (Å²) in [4.78, 5) is 11.3. The Hall–Kier alpha value is -5.67. The van der Waals surface area contributed by atoms with Crippen molar-refractivity contribution in [2.45, 2.75) is 5.41 Å². The summed E-state index contributed by atoms with van der Waals surface area (Å²) in [6, 6.07) is 41.6. The summed E-state index contributed by atoms with van der Waals surface area (Å²) in [5, 5.41) is 4.60. The van der Waals surface area contributed by atoms with Crippen molar-refractivity contribution in [2.75, 3.05) is 13.2 Å². The van der Waals surface area contributed by atoms with Gasteiger partial charge in [0.15, 0.2) is 0 Å². The van der Waals surface area contributed by atoms with Crippen molar-refractivity contribution in [1.29, 1.82) is 0 Å². The maximum Gasteiger partial charge on any atom is 0.330 e. The second kappa shape index (κ2) is 11.4. The SMILES string of the molecule is C=CC(=O)OCCOc1ccc2cc(C3(c4ccc(C=C)c(C=C)c4)c4ccccc4-c4cc5ccccc5cc43)ccc2c1. The van der Waals surface area contributed by atoms with Crippen molar-refractivity contribution in [3.8, 4) is 16.9 Å². The maximum atomic E-state index is 11.3. The van der Waals surface area contributed by atoms with Gasteiger partial charge >= 0.3 is 5.97 Å². The third kappa shape index (κ3) is 4.65. The van der Waals surface area contributed by atoms with E-state index in [1.807, 2.05) is 24.3 Å². The van der Waals surface area contributed by atoms with Gasteiger partial charge in [-0.05, 0) is 102 Å². The molecule has 0 heterocycles. The molecular weight excluding hydrogens is 552 g/mol. The van der Waals surface area contributed by atoms with Crippen molar-refractivity contribution in [3.63, 3.8) is 0 Å². The lowest BCUT2D eigenvalue weighted by molar-refractivity contribution is -0.138. The molecule has 6 aromatic rings. The Morgan fingerprint density at radius 2 is 1.27 bits per heavy atom. The Kier molecular flexibility index (Phi) is 7.15. The fourth-order valence-electron chi connectivity index (χ4n) is 6.83. The number of hydrogen-bond donors (Lipinski definition) is 0. The molecule has 0 N–H and O–H groups in total. The Balaban J connectivity index is 1.43. The monoisotopic (exact) mass is 584 g/mol. The first-order chi connectivity index (χ1) is 22.1. The van der Waals surface area contributed by atoms with E-state index in [-0.39, 0.29) is 13.2 Å². The number of benzene rings is 6. The van der Waals surface area contributed by atoms with E-state index in [2.05, 4.69) is 123 Å². The lowest BCUT2D eigenvalue weighted by atomic mass is 9.67. The van der Waals surface area contributed by atoms with Gasteiger partial charge < -0.3 is 9.47 Å². The largest absolute Gasteiger partial charge is 0.490 e. The van der Waals surface area contributed by atoms with Crippen LogP contribution in [0.5, 0.6) is 5.75 Å². The third-order valence-electron chi connectivity index (χ3n) is 8.88. The van der Waals surface area contributed by atoms with Crippen LogP contribution >= 0.6 is 0 Å². The van der Waals surface area contributed by atoms with Gasteiger partial charge in [-0.25, -0.2) is 4.79 Å². The normalized spacial score (nSPS) is 14.8. The van der Waals surface area contributed by atoms with Gasteiger partial charge in [0.2, 0.25) is 0 Å². The van der Waals surface area contributed by atoms with Gasteiger partial charge in [0.05, 0.1) is 5.41 Å². The summed E-state index contributed by atoms with van der Waals surface area (Å²) in [6.45, 7) is 12.0. The molecular formula is C42H32O3. The highest BCUT2D eigenvalue weighted by atomic mass is 16.6. The molecule has 3 nitrogen and oxygen atoms in total. The van der Waals surface area contributed by atoms with Crippen molar-refractivity contribution >= 4 is 39.7 Å². The van der Waals surface area contributed by atoms with E-state index in [0.29, 0.717) is 0 Å². The molecule has 218 valence electrons. The molecule has 1 atom stereocenters. The van der Waals surface area contributed by atoms with E-state index in [4.69, 9.17) is 9.47 Å². The number of rotatable bonds is 9. The summed E-state index contributed by atoms with van der Waals surface area (Å²) in [6.07, 6.45) is 4.95. The van der Waals surface area contributed by atoms with Crippen LogP contribution in [0.4, 0.5) is 0 Å². The van der Waals surface area contributed by atoms with Gasteiger partial charge in [-0.1, -0.05) is 111 Å². The molecule has 0 bridgehead atoms. The predicted molar refractivity (Wildman–Crippen MR) is 186 cm³/mol. The second-order valence-electron chi connectivity index (χ2n) is 11.2. The van der Waals surface area contributed by atoms with E-state index < -0.39 is 11.4 Å². The van der Waals surface area contributed by atoms with Crippen LogP contribution in [0.15, 0.2) is 141 Å². The van der Waals surface area contributed by atoms with Gasteiger partial charge in [-0.3, -0.25) is 0 Å². The first-order valence-corrected chi connectivity index (χ1v) is 15.1. The lowest BCUT2D eigenvalue weighted by Gasteiger charge is -2.34. The number of fused-ring (bicyclic) bond motifs is 5. The van der Waals surface area contributed by atoms with Crippen LogP contribution in [-0.4, -0.2) is 19.2 Å². The highest BCUT2D eigenvalue weighted by Crippen LogP contribution is 2.57. The van der Waals surface area contributed by atoms with Gasteiger partial charge in [-0.2, -0.15) is 0 Å². The highest BCUT2D eigenvalue weighted by molar-refractivity contribution is 5.97. The smallest absolute Gasteiger partial charge is 0.330 e. The van der Waals surface area contributed by atoms with Crippen LogP contribution in [-0.2, 0) is 14.9 Å². The van der Waals surface area contributed by atoms with Gasteiger partial charge in [-0.15, -0.1) is 0 Å². The molecule has 1 unspecified atom stereocenters. The van der Waals surface area contributed by atoms with Crippen molar-refractivity contribution in [1.82, 2.24) is 0 Å². The molecule has 0 aliphatic heterocycles. The van der Waals surface area contributed by atoms with Crippen LogP contribution in [0, 0.1) is 0 Å². The Morgan fingerprint density at radius 1 is 0.600 bits per heavy atom. The minimum atomic E-state index is -0.564. The molecule has 0 radical (unpaired) electrons. The number of carbonyl (C=O) groups is 1. The predicted octanol–water partition coefficient (Wildman–Crippen LogP) is 9.75. The molecule has 0 aromatic heterocycles. The average Bonchev–Trinajstić information content (AvgIpc) is 3.38. The number of carbonyl (C=O) groups excluding carboxylic acids is 1. The third-order valence-corrected chi connectivity index (χ3v) is 8.88.